The van der Waals surface area contributed by atoms with Crippen LogP contribution in [0, 0.1) is 11.3 Å². The molecule has 0 N–H and O–H groups in total. The third-order valence-corrected chi connectivity index (χ3v) is 2.76. The van der Waals surface area contributed by atoms with Gasteiger partial charge in [0.15, 0.2) is 0 Å². The van der Waals surface area contributed by atoms with Crippen LogP contribution >= 0.6 is 7.60 Å². The van der Waals surface area contributed by atoms with Crippen LogP contribution < -0.4 is 0 Å². The molecule has 5 heteroatoms. The zero-order valence-corrected chi connectivity index (χ0v) is 7.59. The molecule has 0 spiro atoms. The third kappa shape index (κ3) is 3.33. The molecule has 0 aromatic carbocycles. The van der Waals surface area contributed by atoms with Gasteiger partial charge in [-0.2, -0.15) is 5.26 Å². The predicted octanol–water partition coefficient (Wildman–Crippen LogP) is 1.90. The van der Waals surface area contributed by atoms with Crippen molar-refractivity contribution < 1.29 is 13.6 Å². The molecule has 0 aliphatic carbocycles. The zero-order chi connectivity index (χ0) is 8.91. The first-order valence-electron chi connectivity index (χ1n) is 2.88. The Labute approximate surface area is 66.0 Å². The second kappa shape index (κ2) is 4.30. The molecule has 0 atom stereocenters. The van der Waals surface area contributed by atoms with E-state index < -0.39 is 7.60 Å². The van der Waals surface area contributed by atoms with Crippen molar-refractivity contribution in [2.24, 2.45) is 0 Å². The fourth-order valence-corrected chi connectivity index (χ4v) is 1.34. The van der Waals surface area contributed by atoms with Gasteiger partial charge in [0.05, 0.1) is 6.07 Å². The highest BCUT2D eigenvalue weighted by molar-refractivity contribution is 7.57. The molecule has 0 heterocycles. The van der Waals surface area contributed by atoms with Gasteiger partial charge in [0.2, 0.25) is 0 Å². The van der Waals surface area contributed by atoms with Gasteiger partial charge in [0.1, 0.15) is 0 Å². The van der Waals surface area contributed by atoms with Gasteiger partial charge < -0.3 is 9.05 Å². The maximum Gasteiger partial charge on any atom is 0.354 e. The summed E-state index contributed by atoms with van der Waals surface area (Å²) in [7, 11) is -0.600. The van der Waals surface area contributed by atoms with Gasteiger partial charge in [-0.1, -0.05) is 0 Å². The summed E-state index contributed by atoms with van der Waals surface area (Å²) in [4.78, 5) is 0. The minimum Gasteiger partial charge on any atom is -0.309 e. The Morgan fingerprint density at radius 3 is 2.27 bits per heavy atom. The number of allylic oxidation sites excluding steroid dienone is 1. The monoisotopic (exact) mass is 175 g/mol. The second-order valence-corrected chi connectivity index (χ2v) is 3.90. The lowest BCUT2D eigenvalue weighted by Crippen LogP contribution is -1.84. The number of nitrogens with zero attached hydrogens (tertiary/aromatic N) is 1. The molecular weight excluding hydrogens is 165 g/mol. The van der Waals surface area contributed by atoms with E-state index in [2.05, 4.69) is 9.05 Å². The van der Waals surface area contributed by atoms with E-state index >= 15 is 0 Å². The summed E-state index contributed by atoms with van der Waals surface area (Å²) in [5.74, 6) is 1.19. The lowest BCUT2D eigenvalue weighted by atomic mass is 10.4. The molecule has 0 fully saturated rings. The Morgan fingerprint density at radius 2 is 2.00 bits per heavy atom. The van der Waals surface area contributed by atoms with Gasteiger partial charge in [-0.3, -0.25) is 4.57 Å². The summed E-state index contributed by atoms with van der Waals surface area (Å²) in [6.45, 7) is 1.53. The van der Waals surface area contributed by atoms with Gasteiger partial charge in [-0.15, -0.1) is 0 Å². The minimum absolute atomic E-state index is 0.317. The van der Waals surface area contributed by atoms with E-state index in [4.69, 9.17) is 5.26 Å². The molecule has 0 amide bonds. The van der Waals surface area contributed by atoms with Crippen LogP contribution in [0.2, 0.25) is 0 Å². The summed E-state index contributed by atoms with van der Waals surface area (Å²) >= 11 is 0. The van der Waals surface area contributed by atoms with Gasteiger partial charge in [-0.25, -0.2) is 0 Å². The highest BCUT2D eigenvalue weighted by atomic mass is 31.2. The van der Waals surface area contributed by atoms with Crippen LogP contribution in [0.15, 0.2) is 11.4 Å². The Hall–Kier alpha value is -0.620. The molecule has 11 heavy (non-hydrogen) atoms. The van der Waals surface area contributed by atoms with E-state index in [1.54, 1.807) is 0 Å². The average Bonchev–Trinajstić information content (AvgIpc) is 2.04. The van der Waals surface area contributed by atoms with Crippen LogP contribution in [-0.4, -0.2) is 14.2 Å². The fourth-order valence-electron chi connectivity index (χ4n) is 0.446. The predicted molar refractivity (Wildman–Crippen MR) is 41.0 cm³/mol. The average molecular weight is 175 g/mol. The van der Waals surface area contributed by atoms with Crippen molar-refractivity contribution in [3.63, 3.8) is 0 Å². The van der Waals surface area contributed by atoms with Crippen molar-refractivity contribution in [3.8, 4) is 6.07 Å². The molecular formula is C6H10NO3P. The van der Waals surface area contributed by atoms with E-state index in [1.165, 1.54) is 27.0 Å². The van der Waals surface area contributed by atoms with Crippen LogP contribution in [0.5, 0.6) is 0 Å². The van der Waals surface area contributed by atoms with Gasteiger partial charge in [0.25, 0.3) is 0 Å². The maximum absolute atomic E-state index is 11.2. The van der Waals surface area contributed by atoms with Crippen molar-refractivity contribution in [1.82, 2.24) is 0 Å². The van der Waals surface area contributed by atoms with E-state index in [0.29, 0.717) is 5.57 Å². The molecule has 62 valence electrons. The lowest BCUT2D eigenvalue weighted by Gasteiger charge is -2.07. The van der Waals surface area contributed by atoms with Gasteiger partial charge >= 0.3 is 7.60 Å². The number of hydrogen-bond acceptors (Lipinski definition) is 4. The highest BCUT2D eigenvalue weighted by Crippen LogP contribution is 2.48. The zero-order valence-electron chi connectivity index (χ0n) is 6.70. The molecule has 0 radical (unpaired) electrons. The van der Waals surface area contributed by atoms with E-state index in [0.717, 1.165) is 0 Å². The van der Waals surface area contributed by atoms with Crippen LogP contribution in [0.25, 0.3) is 0 Å². The summed E-state index contributed by atoms with van der Waals surface area (Å²) in [5.41, 5.74) is 0.317. The van der Waals surface area contributed by atoms with Crippen molar-refractivity contribution in [2.75, 3.05) is 14.2 Å². The van der Waals surface area contributed by atoms with Crippen LogP contribution in [0.3, 0.4) is 0 Å². The molecule has 0 aromatic heterocycles. The summed E-state index contributed by atoms with van der Waals surface area (Å²) in [5, 5.41) is 8.34. The van der Waals surface area contributed by atoms with Crippen LogP contribution in [-0.2, 0) is 13.6 Å². The van der Waals surface area contributed by atoms with Gasteiger partial charge in [0, 0.05) is 25.6 Å². The topological polar surface area (TPSA) is 59.3 Å². The molecule has 0 unspecified atom stereocenters. The lowest BCUT2D eigenvalue weighted by molar-refractivity contribution is 0.286. The van der Waals surface area contributed by atoms with Crippen LogP contribution in [0.4, 0.5) is 0 Å². The first kappa shape index (κ1) is 10.4. The Bertz CT molecular complexity index is 233. The summed E-state index contributed by atoms with van der Waals surface area (Å²) in [6.07, 6.45) is 0. The summed E-state index contributed by atoms with van der Waals surface area (Å²) < 4.78 is 20.4. The van der Waals surface area contributed by atoms with Crippen molar-refractivity contribution in [1.29, 1.82) is 5.26 Å². The Balaban J connectivity index is 4.59. The van der Waals surface area contributed by atoms with E-state index in [-0.39, 0.29) is 0 Å². The molecule has 0 saturated heterocycles. The molecule has 0 aliphatic heterocycles. The molecule has 0 aliphatic rings. The first-order valence-corrected chi connectivity index (χ1v) is 4.50. The molecule has 4 nitrogen and oxygen atoms in total. The van der Waals surface area contributed by atoms with E-state index in [1.807, 2.05) is 6.07 Å². The standard InChI is InChI=1S/C6H10NO3P/c1-6(4-7)5-11(8,9-2)10-3/h5H,1-3H3. The van der Waals surface area contributed by atoms with E-state index in [9.17, 15) is 4.57 Å². The normalized spacial score (nSPS) is 12.7. The number of rotatable bonds is 3. The first-order chi connectivity index (χ1) is 5.08. The molecule has 0 bridgehead atoms. The largest absolute Gasteiger partial charge is 0.354 e. The second-order valence-electron chi connectivity index (χ2n) is 1.83. The molecule has 0 saturated carbocycles. The SMILES string of the molecule is COP(=O)(C=C(C)C#N)OC. The third-order valence-electron chi connectivity index (χ3n) is 1.04. The Kier molecular flexibility index (Phi) is 4.06. The molecule has 0 rings (SSSR count). The van der Waals surface area contributed by atoms with Crippen molar-refractivity contribution >= 4 is 7.60 Å². The number of nitriles is 1. The highest BCUT2D eigenvalue weighted by Gasteiger charge is 2.16. The summed E-state index contributed by atoms with van der Waals surface area (Å²) in [6, 6.07) is 1.82. The van der Waals surface area contributed by atoms with Crippen LogP contribution in [0.1, 0.15) is 6.92 Å². The smallest absolute Gasteiger partial charge is 0.309 e. The molecule has 0 aromatic rings. The van der Waals surface area contributed by atoms with Gasteiger partial charge in [-0.05, 0) is 6.92 Å². The quantitative estimate of drug-likeness (QED) is 0.485. The van der Waals surface area contributed by atoms with Crippen molar-refractivity contribution in [3.05, 3.63) is 11.4 Å². The van der Waals surface area contributed by atoms with Crippen molar-refractivity contribution in [2.45, 2.75) is 6.92 Å². The minimum atomic E-state index is -3.14. The number of hydrogen-bond donors (Lipinski definition) is 0. The maximum atomic E-state index is 11.2. The Morgan fingerprint density at radius 1 is 1.55 bits per heavy atom. The fraction of sp³-hybridized carbons (Fsp3) is 0.500.